The second kappa shape index (κ2) is 16.5. The second-order valence-electron chi connectivity index (χ2n) is 10.8. The minimum absolute atomic E-state index is 0.0830. The highest BCUT2D eigenvalue weighted by atomic mass is 16.4. The largest absolute Gasteiger partial charge is 0.481 e. The van der Waals surface area contributed by atoms with Crippen LogP contribution >= 0.6 is 0 Å². The van der Waals surface area contributed by atoms with Gasteiger partial charge in [0.05, 0.1) is 32.3 Å². The van der Waals surface area contributed by atoms with Gasteiger partial charge in [-0.05, 0) is 33.1 Å². The van der Waals surface area contributed by atoms with Crippen LogP contribution in [0.4, 0.5) is 0 Å². The van der Waals surface area contributed by atoms with Crippen LogP contribution in [0, 0.1) is 5.92 Å². The Morgan fingerprint density at radius 3 is 1.62 bits per heavy atom. The third kappa shape index (κ3) is 9.82. The van der Waals surface area contributed by atoms with Crippen molar-refractivity contribution in [2.75, 3.05) is 14.1 Å². The first-order chi connectivity index (χ1) is 15.9. The van der Waals surface area contributed by atoms with E-state index in [-0.39, 0.29) is 23.4 Å². The Bertz CT molecular complexity index is 577. The van der Waals surface area contributed by atoms with E-state index in [1.165, 1.54) is 51.9 Å². The Morgan fingerprint density at radius 1 is 0.794 bits per heavy atom. The van der Waals surface area contributed by atoms with E-state index < -0.39 is 35.6 Å². The van der Waals surface area contributed by atoms with Crippen molar-refractivity contribution in [3.8, 4) is 0 Å². The average Bonchev–Trinajstić information content (AvgIpc) is 2.72. The predicted octanol–water partition coefficient (Wildman–Crippen LogP) is 5.22. The number of nitrogens with zero attached hydrogens (tertiary/aromatic N) is 1. The van der Waals surface area contributed by atoms with E-state index >= 15 is 0 Å². The molecule has 0 aliphatic heterocycles. The summed E-state index contributed by atoms with van der Waals surface area (Å²) in [5.74, 6) is -3.52. The first kappa shape index (κ1) is 32.8. The molecule has 4 N–H and O–H groups in total. The number of aliphatic hydroxyl groups excluding tert-OH is 2. The van der Waals surface area contributed by atoms with Crippen LogP contribution in [0.3, 0.4) is 0 Å². The highest BCUT2D eigenvalue weighted by Crippen LogP contribution is 2.41. The summed E-state index contributed by atoms with van der Waals surface area (Å²) >= 11 is 0. The number of hydrogen-bond donors (Lipinski definition) is 4. The van der Waals surface area contributed by atoms with Crippen LogP contribution in [-0.4, -0.2) is 74.7 Å². The molecule has 5 atom stereocenters. The molecule has 0 amide bonds. The lowest BCUT2D eigenvalue weighted by Gasteiger charge is -2.53. The van der Waals surface area contributed by atoms with Crippen LogP contribution in [0.1, 0.15) is 118 Å². The Kier molecular flexibility index (Phi) is 15.9. The van der Waals surface area contributed by atoms with Gasteiger partial charge in [-0.3, -0.25) is 4.79 Å². The third-order valence-electron chi connectivity index (χ3n) is 7.71. The van der Waals surface area contributed by atoms with Crippen LogP contribution in [-0.2, 0) is 9.59 Å². The van der Waals surface area contributed by atoms with Gasteiger partial charge in [0, 0.05) is 12.8 Å². The van der Waals surface area contributed by atoms with Crippen molar-refractivity contribution < 1.29 is 34.5 Å². The van der Waals surface area contributed by atoms with Gasteiger partial charge in [0.25, 0.3) is 0 Å². The molecule has 202 valence electrons. The van der Waals surface area contributed by atoms with Crippen molar-refractivity contribution in [3.63, 3.8) is 0 Å². The number of hydrogen-bond acceptors (Lipinski definition) is 4. The number of carboxylic acids is 2. The highest BCUT2D eigenvalue weighted by molar-refractivity contribution is 5.85. The number of carbonyl (C=O) groups is 2. The van der Waals surface area contributed by atoms with E-state index in [1.54, 1.807) is 27.9 Å². The fourth-order valence-corrected chi connectivity index (χ4v) is 5.72. The summed E-state index contributed by atoms with van der Waals surface area (Å²) in [6, 6.07) is -0.239. The van der Waals surface area contributed by atoms with E-state index in [4.69, 9.17) is 0 Å². The maximum atomic E-state index is 12.8. The van der Waals surface area contributed by atoms with Crippen molar-refractivity contribution >= 4 is 11.9 Å². The van der Waals surface area contributed by atoms with Gasteiger partial charge >= 0.3 is 11.9 Å². The lowest BCUT2D eigenvalue weighted by atomic mass is 9.73. The molecule has 0 rings (SSSR count). The van der Waals surface area contributed by atoms with Gasteiger partial charge in [-0.25, -0.2) is 4.79 Å². The number of carboxylic acid groups (broad SMARTS) is 2. The van der Waals surface area contributed by atoms with Crippen molar-refractivity contribution in [1.82, 2.24) is 0 Å². The van der Waals surface area contributed by atoms with Crippen LogP contribution < -0.4 is 0 Å². The van der Waals surface area contributed by atoms with Gasteiger partial charge < -0.3 is 24.9 Å². The van der Waals surface area contributed by atoms with Crippen molar-refractivity contribution in [1.29, 1.82) is 0 Å². The molecule has 0 aromatic heterocycles. The van der Waals surface area contributed by atoms with Crippen LogP contribution in [0.2, 0.25) is 0 Å². The monoisotopic (exact) mass is 488 g/mol. The molecule has 0 saturated heterocycles. The molecule has 0 bridgehead atoms. The van der Waals surface area contributed by atoms with Crippen molar-refractivity contribution in [3.05, 3.63) is 0 Å². The molecule has 0 aromatic carbocycles. The first-order valence-electron chi connectivity index (χ1n) is 13.5. The van der Waals surface area contributed by atoms with Gasteiger partial charge in [-0.2, -0.15) is 0 Å². The summed E-state index contributed by atoms with van der Waals surface area (Å²) in [6.07, 6.45) is 11.5. The molecule has 5 unspecified atom stereocenters. The zero-order valence-corrected chi connectivity index (χ0v) is 22.8. The summed E-state index contributed by atoms with van der Waals surface area (Å²) in [5, 5.41) is 40.8. The molecule has 0 spiro atoms. The summed E-state index contributed by atoms with van der Waals surface area (Å²) in [7, 11) is 3.54. The molecule has 0 heterocycles. The quantitative estimate of drug-likeness (QED) is 0.130. The Labute approximate surface area is 208 Å². The van der Waals surface area contributed by atoms with E-state index in [1.807, 2.05) is 0 Å². The number of likely N-dealkylation sites (N-methyl/N-ethyl adjacent to an activating group) is 1. The van der Waals surface area contributed by atoms with Gasteiger partial charge in [-0.1, -0.05) is 71.6 Å². The van der Waals surface area contributed by atoms with Crippen molar-refractivity contribution in [2.45, 2.75) is 141 Å². The molecule has 7 heteroatoms. The SMILES string of the molecule is CCCCCCCCCCCCC(CC(C)O)[N+](C)(C)C(CC(C)O)(C(=O)O)C(CC)C(=O)O. The average molecular weight is 489 g/mol. The van der Waals surface area contributed by atoms with Crippen LogP contribution in [0.5, 0.6) is 0 Å². The summed E-state index contributed by atoms with van der Waals surface area (Å²) in [5.41, 5.74) is -1.70. The van der Waals surface area contributed by atoms with E-state index in [0.717, 1.165) is 19.3 Å². The molecule has 7 nitrogen and oxygen atoms in total. The fourth-order valence-electron chi connectivity index (χ4n) is 5.72. The van der Waals surface area contributed by atoms with Crippen LogP contribution in [0.15, 0.2) is 0 Å². The summed E-state index contributed by atoms with van der Waals surface area (Å²) in [4.78, 5) is 25.0. The highest BCUT2D eigenvalue weighted by Gasteiger charge is 2.62. The zero-order valence-electron chi connectivity index (χ0n) is 22.8. The number of unbranched alkanes of at least 4 members (excludes halogenated alkanes) is 9. The summed E-state index contributed by atoms with van der Waals surface area (Å²) < 4.78 is -0.0830. The zero-order chi connectivity index (χ0) is 26.4. The lowest BCUT2D eigenvalue weighted by molar-refractivity contribution is -0.960. The van der Waals surface area contributed by atoms with Crippen molar-refractivity contribution in [2.24, 2.45) is 5.92 Å². The maximum Gasteiger partial charge on any atom is 0.366 e. The minimum atomic E-state index is -1.70. The second-order valence-corrected chi connectivity index (χ2v) is 10.8. The number of rotatable bonds is 21. The normalized spacial score (nSPS) is 17.5. The molecule has 34 heavy (non-hydrogen) atoms. The fraction of sp³-hybridized carbons (Fsp3) is 0.926. The Balaban J connectivity index is 5.49. The Morgan fingerprint density at radius 2 is 1.26 bits per heavy atom. The molecule has 0 fully saturated rings. The van der Waals surface area contributed by atoms with Gasteiger partial charge in [0.1, 0.15) is 5.92 Å². The van der Waals surface area contributed by atoms with Gasteiger partial charge in [0.15, 0.2) is 0 Å². The molecular formula is C27H54NO6+. The van der Waals surface area contributed by atoms with Gasteiger partial charge in [-0.15, -0.1) is 0 Å². The number of aliphatic carboxylic acids is 2. The molecule has 0 aliphatic carbocycles. The minimum Gasteiger partial charge on any atom is -0.481 e. The number of aliphatic hydroxyl groups is 2. The predicted molar refractivity (Wildman–Crippen MR) is 137 cm³/mol. The molecule has 0 radical (unpaired) electrons. The third-order valence-corrected chi connectivity index (χ3v) is 7.71. The molecule has 0 aliphatic rings. The van der Waals surface area contributed by atoms with E-state index in [9.17, 15) is 30.0 Å². The number of quaternary nitrogens is 1. The van der Waals surface area contributed by atoms with Gasteiger partial charge in [0.2, 0.25) is 5.54 Å². The Hall–Kier alpha value is -1.18. The topological polar surface area (TPSA) is 115 Å². The lowest BCUT2D eigenvalue weighted by Crippen LogP contribution is -2.73. The van der Waals surface area contributed by atoms with E-state index in [0.29, 0.717) is 12.8 Å². The molecular weight excluding hydrogens is 434 g/mol. The first-order valence-corrected chi connectivity index (χ1v) is 13.5. The van der Waals surface area contributed by atoms with Crippen LogP contribution in [0.25, 0.3) is 0 Å². The smallest absolute Gasteiger partial charge is 0.366 e. The molecule has 0 saturated carbocycles. The van der Waals surface area contributed by atoms with E-state index in [2.05, 4.69) is 6.92 Å². The summed E-state index contributed by atoms with van der Waals surface area (Å²) in [6.45, 7) is 7.11. The standard InChI is InChI=1S/C27H53NO6/c1-7-9-10-11-12-13-14-15-16-17-18-23(19-21(3)29)28(5,6)27(26(33)34,20-22(4)30)24(8-2)25(31)32/h21-24,29-30H,7-20H2,1-6H3,(H-,31,32,33,34)/p+1. The molecule has 0 aromatic rings. The maximum absolute atomic E-state index is 12.8.